The van der Waals surface area contributed by atoms with Gasteiger partial charge in [0, 0.05) is 17.8 Å². The second-order valence-corrected chi connectivity index (χ2v) is 8.40. The van der Waals surface area contributed by atoms with Gasteiger partial charge in [0.25, 0.3) is 0 Å². The van der Waals surface area contributed by atoms with Crippen LogP contribution in [0.1, 0.15) is 31.2 Å². The second kappa shape index (κ2) is 6.64. The van der Waals surface area contributed by atoms with E-state index in [9.17, 15) is 12.8 Å². The van der Waals surface area contributed by atoms with Crippen molar-refractivity contribution in [2.75, 3.05) is 12.8 Å². The summed E-state index contributed by atoms with van der Waals surface area (Å²) < 4.78 is 41.0. The Morgan fingerprint density at radius 3 is 2.57 bits per heavy atom. The smallest absolute Gasteiger partial charge is 0.243 e. The van der Waals surface area contributed by atoms with Crippen molar-refractivity contribution in [3.63, 3.8) is 0 Å². The van der Waals surface area contributed by atoms with Crippen molar-refractivity contribution in [3.05, 3.63) is 29.6 Å². The van der Waals surface area contributed by atoms with Gasteiger partial charge in [0.15, 0.2) is 0 Å². The van der Waals surface area contributed by atoms with E-state index in [1.165, 1.54) is 18.2 Å². The number of hydrogen-bond acceptors (Lipinski definition) is 4. The summed E-state index contributed by atoms with van der Waals surface area (Å²) in [5, 5.41) is 0. The molecule has 1 aromatic carbocycles. The van der Waals surface area contributed by atoms with Crippen molar-refractivity contribution in [2.24, 2.45) is 5.73 Å². The Hall–Kier alpha value is -0.630. The van der Waals surface area contributed by atoms with Gasteiger partial charge in [-0.1, -0.05) is 18.9 Å². The van der Waals surface area contributed by atoms with Crippen LogP contribution in [0.25, 0.3) is 0 Å². The van der Waals surface area contributed by atoms with Crippen molar-refractivity contribution >= 4 is 21.8 Å². The number of hydrogen-bond donors (Lipinski definition) is 2. The summed E-state index contributed by atoms with van der Waals surface area (Å²) in [6, 6.07) is 3.99. The minimum Gasteiger partial charge on any atom is -0.326 e. The molecule has 4 nitrogen and oxygen atoms in total. The van der Waals surface area contributed by atoms with E-state index in [0.29, 0.717) is 12.1 Å². The molecule has 1 aliphatic rings. The van der Waals surface area contributed by atoms with Crippen molar-refractivity contribution in [3.8, 4) is 0 Å². The predicted octanol–water partition coefficient (Wildman–Crippen LogP) is 2.24. The van der Waals surface area contributed by atoms with Crippen molar-refractivity contribution in [1.82, 2.24) is 4.72 Å². The first-order valence-electron chi connectivity index (χ1n) is 6.96. The fraction of sp³-hybridized carbons (Fsp3) is 0.571. The topological polar surface area (TPSA) is 72.2 Å². The minimum atomic E-state index is -3.83. The summed E-state index contributed by atoms with van der Waals surface area (Å²) in [5.41, 5.74) is 5.99. The highest BCUT2D eigenvalue weighted by molar-refractivity contribution is 8.00. The van der Waals surface area contributed by atoms with Crippen LogP contribution in [0.15, 0.2) is 23.1 Å². The molecule has 1 aliphatic carbocycles. The van der Waals surface area contributed by atoms with Gasteiger partial charge in [-0.3, -0.25) is 0 Å². The Balaban J connectivity index is 2.15. The first-order valence-corrected chi connectivity index (χ1v) is 9.66. The van der Waals surface area contributed by atoms with Gasteiger partial charge in [0.1, 0.15) is 10.7 Å². The zero-order valence-corrected chi connectivity index (χ0v) is 13.7. The maximum atomic E-state index is 13.9. The van der Waals surface area contributed by atoms with E-state index in [-0.39, 0.29) is 16.2 Å². The summed E-state index contributed by atoms with van der Waals surface area (Å²) in [5.74, 6) is -0.755. The van der Waals surface area contributed by atoms with Gasteiger partial charge in [-0.2, -0.15) is 11.8 Å². The van der Waals surface area contributed by atoms with Gasteiger partial charge in [0.2, 0.25) is 10.0 Å². The van der Waals surface area contributed by atoms with Crippen LogP contribution in [0.5, 0.6) is 0 Å². The summed E-state index contributed by atoms with van der Waals surface area (Å²) >= 11 is 1.69. The van der Waals surface area contributed by atoms with E-state index in [1.54, 1.807) is 11.8 Å². The molecule has 0 atom stereocenters. The summed E-state index contributed by atoms with van der Waals surface area (Å²) in [6.07, 6.45) is 6.21. The summed E-state index contributed by atoms with van der Waals surface area (Å²) in [7, 11) is -3.83. The van der Waals surface area contributed by atoms with Crippen LogP contribution in [-0.4, -0.2) is 26.0 Å². The van der Waals surface area contributed by atoms with Crippen LogP contribution >= 0.6 is 11.8 Å². The minimum absolute atomic E-state index is 0.0548. The standard InChI is InChI=1S/C14H21FN2O2S2/c1-20-14(6-2-3-7-14)10-17-21(18,19)13-5-4-11(9-16)8-12(13)15/h4-5,8,17H,2-3,6-7,9-10,16H2,1H3. The molecule has 0 amide bonds. The van der Waals surface area contributed by atoms with E-state index in [4.69, 9.17) is 5.73 Å². The van der Waals surface area contributed by atoms with Gasteiger partial charge >= 0.3 is 0 Å². The molecule has 0 heterocycles. The number of nitrogens with one attached hydrogen (secondary N) is 1. The molecule has 0 unspecified atom stereocenters. The van der Waals surface area contributed by atoms with Gasteiger partial charge in [-0.05, 0) is 36.8 Å². The first kappa shape index (κ1) is 16.7. The van der Waals surface area contributed by atoms with Crippen molar-refractivity contribution in [1.29, 1.82) is 0 Å². The molecule has 1 aromatic rings. The van der Waals surface area contributed by atoms with Crippen LogP contribution < -0.4 is 10.5 Å². The number of thioether (sulfide) groups is 1. The summed E-state index contributed by atoms with van der Waals surface area (Å²) in [4.78, 5) is -0.311. The molecular formula is C14H21FN2O2S2. The molecule has 0 spiro atoms. The molecule has 0 aliphatic heterocycles. The average molecular weight is 332 g/mol. The third-order valence-corrected chi connectivity index (χ3v) is 6.91. The largest absolute Gasteiger partial charge is 0.326 e. The van der Waals surface area contributed by atoms with Crippen LogP contribution in [0.4, 0.5) is 4.39 Å². The molecule has 2 rings (SSSR count). The quantitative estimate of drug-likeness (QED) is 0.838. The number of rotatable bonds is 6. The molecule has 0 bridgehead atoms. The number of nitrogens with two attached hydrogens (primary N) is 1. The van der Waals surface area contributed by atoms with E-state index < -0.39 is 15.8 Å². The fourth-order valence-corrected chi connectivity index (χ4v) is 4.86. The van der Waals surface area contributed by atoms with Crippen LogP contribution in [0, 0.1) is 5.82 Å². The van der Waals surface area contributed by atoms with Crippen LogP contribution in [0.2, 0.25) is 0 Å². The lowest BCUT2D eigenvalue weighted by Crippen LogP contribution is -2.38. The number of halogens is 1. The summed E-state index contributed by atoms with van der Waals surface area (Å²) in [6.45, 7) is 0.523. The molecule has 7 heteroatoms. The van der Waals surface area contributed by atoms with Gasteiger partial charge in [-0.25, -0.2) is 17.5 Å². The molecule has 0 radical (unpaired) electrons. The highest BCUT2D eigenvalue weighted by Crippen LogP contribution is 2.39. The second-order valence-electron chi connectivity index (χ2n) is 5.39. The van der Waals surface area contributed by atoms with Crippen LogP contribution in [0.3, 0.4) is 0 Å². The Kier molecular flexibility index (Phi) is 5.29. The van der Waals surface area contributed by atoms with Crippen LogP contribution in [-0.2, 0) is 16.6 Å². The number of sulfonamides is 1. The molecule has 1 saturated carbocycles. The molecule has 3 N–H and O–H groups in total. The first-order chi connectivity index (χ1) is 9.92. The maximum Gasteiger partial charge on any atom is 0.243 e. The fourth-order valence-electron chi connectivity index (χ4n) is 2.67. The third kappa shape index (κ3) is 3.77. The Labute approximate surface area is 129 Å². The Morgan fingerprint density at radius 1 is 1.38 bits per heavy atom. The lowest BCUT2D eigenvalue weighted by atomic mass is 10.1. The third-order valence-electron chi connectivity index (χ3n) is 4.05. The van der Waals surface area contributed by atoms with E-state index in [0.717, 1.165) is 25.7 Å². The number of benzene rings is 1. The van der Waals surface area contributed by atoms with Crippen molar-refractivity contribution < 1.29 is 12.8 Å². The molecule has 21 heavy (non-hydrogen) atoms. The molecular weight excluding hydrogens is 311 g/mol. The zero-order chi connectivity index (χ0) is 15.5. The van der Waals surface area contributed by atoms with Crippen molar-refractivity contribution in [2.45, 2.75) is 41.9 Å². The SMILES string of the molecule is CSC1(CNS(=O)(=O)c2ccc(CN)cc2F)CCCC1. The molecule has 1 fully saturated rings. The molecule has 118 valence electrons. The van der Waals surface area contributed by atoms with Gasteiger partial charge in [-0.15, -0.1) is 0 Å². The highest BCUT2D eigenvalue weighted by atomic mass is 32.2. The molecule has 0 aromatic heterocycles. The van der Waals surface area contributed by atoms with Gasteiger partial charge < -0.3 is 5.73 Å². The normalized spacial score (nSPS) is 18.0. The van der Waals surface area contributed by atoms with E-state index >= 15 is 0 Å². The maximum absolute atomic E-state index is 13.9. The van der Waals surface area contributed by atoms with E-state index in [1.807, 2.05) is 6.26 Å². The average Bonchev–Trinajstić information content (AvgIpc) is 2.94. The zero-order valence-electron chi connectivity index (χ0n) is 12.1. The van der Waals surface area contributed by atoms with E-state index in [2.05, 4.69) is 4.72 Å². The lowest BCUT2D eigenvalue weighted by molar-refractivity contribution is 0.537. The Bertz CT molecular complexity index is 599. The predicted molar refractivity (Wildman–Crippen MR) is 84.2 cm³/mol. The van der Waals surface area contributed by atoms with Gasteiger partial charge in [0.05, 0.1) is 0 Å². The lowest BCUT2D eigenvalue weighted by Gasteiger charge is -2.26. The molecule has 0 saturated heterocycles. The Morgan fingerprint density at radius 2 is 2.05 bits per heavy atom. The monoisotopic (exact) mass is 332 g/mol. The highest BCUT2D eigenvalue weighted by Gasteiger charge is 2.34.